The fourth-order valence-electron chi connectivity index (χ4n) is 0.970. The summed E-state index contributed by atoms with van der Waals surface area (Å²) in [4.78, 5) is 0. The maximum absolute atomic E-state index is 12.7. The fourth-order valence-corrected chi connectivity index (χ4v) is 0.970. The second-order valence-corrected chi connectivity index (χ2v) is 4.07. The second-order valence-electron chi connectivity index (χ2n) is 4.07. The Morgan fingerprint density at radius 2 is 1.92 bits per heavy atom. The molecule has 0 amide bonds. The van der Waals surface area contributed by atoms with Crippen LogP contribution in [0.3, 0.4) is 0 Å². The molecule has 0 aliphatic heterocycles. The van der Waals surface area contributed by atoms with Crippen molar-refractivity contribution in [3.63, 3.8) is 0 Å². The molecule has 1 aromatic rings. The highest BCUT2D eigenvalue weighted by Crippen LogP contribution is 2.27. The molecule has 1 aromatic heterocycles. The molecule has 0 N–H and O–H groups in total. The average Bonchev–Trinajstić information content (AvgIpc) is 2.30. The Morgan fingerprint density at radius 3 is 2.17 bits per heavy atom. The Kier molecular flexibility index (Phi) is 2.27. The van der Waals surface area contributed by atoms with Gasteiger partial charge in [0, 0.05) is 5.41 Å². The van der Waals surface area contributed by atoms with E-state index in [2.05, 4.69) is 0 Å². The molecule has 68 valence electrons. The van der Waals surface area contributed by atoms with E-state index in [1.54, 1.807) is 6.07 Å². The van der Waals surface area contributed by atoms with Crippen LogP contribution in [0, 0.1) is 0 Å². The van der Waals surface area contributed by atoms with E-state index < -0.39 is 6.17 Å². The summed E-state index contributed by atoms with van der Waals surface area (Å²) in [6, 6.07) is 3.54. The molecule has 1 unspecified atom stereocenters. The third kappa shape index (κ3) is 1.87. The molecule has 0 spiro atoms. The maximum Gasteiger partial charge on any atom is 0.155 e. The summed E-state index contributed by atoms with van der Waals surface area (Å²) in [6.07, 6.45) is -1.01. The predicted octanol–water partition coefficient (Wildman–Crippen LogP) is 3.61. The zero-order valence-corrected chi connectivity index (χ0v) is 8.02. The molecule has 0 bridgehead atoms. The van der Waals surface area contributed by atoms with Gasteiger partial charge in [-0.15, -0.1) is 0 Å². The van der Waals surface area contributed by atoms with Crippen LogP contribution in [0.25, 0.3) is 0 Å². The molecule has 1 nitrogen and oxygen atoms in total. The van der Waals surface area contributed by atoms with Crippen molar-refractivity contribution in [3.05, 3.63) is 23.7 Å². The quantitative estimate of drug-likeness (QED) is 0.627. The van der Waals surface area contributed by atoms with Gasteiger partial charge in [-0.1, -0.05) is 20.8 Å². The minimum Gasteiger partial charge on any atom is -0.462 e. The molecule has 0 radical (unpaired) electrons. The topological polar surface area (TPSA) is 13.1 Å². The molecule has 0 aliphatic carbocycles. The Balaban J connectivity index is 2.92. The fraction of sp³-hybridized carbons (Fsp3) is 0.600. The van der Waals surface area contributed by atoms with Gasteiger partial charge < -0.3 is 4.42 Å². The second kappa shape index (κ2) is 2.92. The first kappa shape index (κ1) is 9.30. The van der Waals surface area contributed by atoms with Crippen LogP contribution in [0.4, 0.5) is 4.39 Å². The summed E-state index contributed by atoms with van der Waals surface area (Å²) in [5, 5.41) is 0. The van der Waals surface area contributed by atoms with E-state index in [1.807, 2.05) is 26.8 Å². The zero-order chi connectivity index (χ0) is 9.35. The SMILES string of the molecule is CC(F)c1ccc(C(C)(C)C)o1. The van der Waals surface area contributed by atoms with Gasteiger partial charge in [-0.3, -0.25) is 0 Å². The van der Waals surface area contributed by atoms with Gasteiger partial charge in [-0.25, -0.2) is 4.39 Å². The summed E-state index contributed by atoms with van der Waals surface area (Å²) in [7, 11) is 0. The lowest BCUT2D eigenvalue weighted by Crippen LogP contribution is -2.09. The van der Waals surface area contributed by atoms with Gasteiger partial charge in [0.25, 0.3) is 0 Å². The summed E-state index contributed by atoms with van der Waals surface area (Å²) < 4.78 is 18.1. The van der Waals surface area contributed by atoms with Crippen molar-refractivity contribution < 1.29 is 8.81 Å². The first-order chi connectivity index (χ1) is 5.41. The summed E-state index contributed by atoms with van der Waals surface area (Å²) in [5.41, 5.74) is -0.0346. The van der Waals surface area contributed by atoms with Crippen molar-refractivity contribution in [1.29, 1.82) is 0 Å². The van der Waals surface area contributed by atoms with Crippen LogP contribution in [0.15, 0.2) is 16.5 Å². The lowest BCUT2D eigenvalue weighted by atomic mass is 9.94. The molecule has 0 aliphatic rings. The van der Waals surface area contributed by atoms with Crippen molar-refractivity contribution in [3.8, 4) is 0 Å². The Labute approximate surface area is 72.6 Å². The molecule has 0 aromatic carbocycles. The largest absolute Gasteiger partial charge is 0.462 e. The van der Waals surface area contributed by atoms with Gasteiger partial charge in [0.2, 0.25) is 0 Å². The lowest BCUT2D eigenvalue weighted by molar-refractivity contribution is 0.287. The highest BCUT2D eigenvalue weighted by molar-refractivity contribution is 5.15. The lowest BCUT2D eigenvalue weighted by Gasteiger charge is -2.14. The maximum atomic E-state index is 12.7. The van der Waals surface area contributed by atoms with E-state index in [0.717, 1.165) is 5.76 Å². The van der Waals surface area contributed by atoms with E-state index in [0.29, 0.717) is 5.76 Å². The van der Waals surface area contributed by atoms with Gasteiger partial charge in [-0.2, -0.15) is 0 Å². The van der Waals surface area contributed by atoms with Crippen molar-refractivity contribution >= 4 is 0 Å². The number of alkyl halides is 1. The molecule has 1 heterocycles. The normalized spacial score (nSPS) is 14.8. The van der Waals surface area contributed by atoms with Crippen LogP contribution >= 0.6 is 0 Å². The summed E-state index contributed by atoms with van der Waals surface area (Å²) >= 11 is 0. The van der Waals surface area contributed by atoms with Crippen LogP contribution in [-0.2, 0) is 5.41 Å². The van der Waals surface area contributed by atoms with Crippen LogP contribution in [-0.4, -0.2) is 0 Å². The van der Waals surface area contributed by atoms with E-state index in [9.17, 15) is 4.39 Å². The smallest absolute Gasteiger partial charge is 0.155 e. The monoisotopic (exact) mass is 170 g/mol. The minimum absolute atomic E-state index is 0.0346. The predicted molar refractivity (Wildman–Crippen MR) is 46.9 cm³/mol. The van der Waals surface area contributed by atoms with Gasteiger partial charge in [0.05, 0.1) is 0 Å². The van der Waals surface area contributed by atoms with Gasteiger partial charge >= 0.3 is 0 Å². The van der Waals surface area contributed by atoms with E-state index >= 15 is 0 Å². The van der Waals surface area contributed by atoms with Crippen LogP contribution in [0.2, 0.25) is 0 Å². The third-order valence-electron chi connectivity index (χ3n) is 1.76. The molecule has 0 saturated heterocycles. The van der Waals surface area contributed by atoms with Crippen LogP contribution < -0.4 is 0 Å². The van der Waals surface area contributed by atoms with Crippen molar-refractivity contribution in [2.24, 2.45) is 0 Å². The third-order valence-corrected chi connectivity index (χ3v) is 1.76. The number of hydrogen-bond donors (Lipinski definition) is 0. The van der Waals surface area contributed by atoms with Crippen LogP contribution in [0.1, 0.15) is 45.4 Å². The van der Waals surface area contributed by atoms with E-state index in [-0.39, 0.29) is 5.41 Å². The van der Waals surface area contributed by atoms with Crippen molar-refractivity contribution in [2.75, 3.05) is 0 Å². The number of rotatable bonds is 1. The molecular formula is C10H15FO. The van der Waals surface area contributed by atoms with Crippen molar-refractivity contribution in [2.45, 2.75) is 39.3 Å². The molecule has 12 heavy (non-hydrogen) atoms. The first-order valence-corrected chi connectivity index (χ1v) is 4.15. The molecule has 1 rings (SSSR count). The van der Waals surface area contributed by atoms with Gasteiger partial charge in [0.1, 0.15) is 11.5 Å². The Morgan fingerprint density at radius 1 is 1.33 bits per heavy atom. The van der Waals surface area contributed by atoms with Gasteiger partial charge in [-0.05, 0) is 19.1 Å². The number of hydrogen-bond acceptors (Lipinski definition) is 1. The average molecular weight is 170 g/mol. The standard InChI is InChI=1S/C10H15FO/c1-7(11)8-5-6-9(12-8)10(2,3)4/h5-7H,1-4H3. The Bertz CT molecular complexity index is 255. The molecule has 0 fully saturated rings. The molecule has 2 heteroatoms. The minimum atomic E-state index is -1.01. The summed E-state index contributed by atoms with van der Waals surface area (Å²) in [6.45, 7) is 7.60. The number of furan rings is 1. The van der Waals surface area contributed by atoms with Gasteiger partial charge in [0.15, 0.2) is 6.17 Å². The van der Waals surface area contributed by atoms with Crippen molar-refractivity contribution in [1.82, 2.24) is 0 Å². The number of halogens is 1. The van der Waals surface area contributed by atoms with E-state index in [4.69, 9.17) is 4.42 Å². The molecular weight excluding hydrogens is 155 g/mol. The van der Waals surface area contributed by atoms with E-state index in [1.165, 1.54) is 6.92 Å². The summed E-state index contributed by atoms with van der Waals surface area (Å²) in [5.74, 6) is 1.25. The highest BCUT2D eigenvalue weighted by Gasteiger charge is 2.19. The zero-order valence-electron chi connectivity index (χ0n) is 8.02. The highest BCUT2D eigenvalue weighted by atomic mass is 19.1. The Hall–Kier alpha value is -0.790. The molecule has 1 atom stereocenters. The first-order valence-electron chi connectivity index (χ1n) is 4.15. The molecule has 0 saturated carbocycles. The van der Waals surface area contributed by atoms with Crippen LogP contribution in [0.5, 0.6) is 0 Å².